The molecule has 0 saturated carbocycles. The second kappa shape index (κ2) is 5.79. The summed E-state index contributed by atoms with van der Waals surface area (Å²) in [4.78, 5) is 14.7. The standard InChI is InChI=1S/C13H16N2O4/c1-9(18-2)3-4-10-8-19-13-6-5-11(15(16)17)7-12(13)14-10/h5-7,9H,3-4,8H2,1-2H3. The largest absolute Gasteiger partial charge is 0.485 e. The molecule has 1 aliphatic rings. The van der Waals surface area contributed by atoms with Gasteiger partial charge in [0.05, 0.1) is 16.7 Å². The molecule has 0 spiro atoms. The number of nitro benzene ring substituents is 1. The Bertz CT molecular complexity index is 513. The van der Waals surface area contributed by atoms with Crippen LogP contribution in [0.2, 0.25) is 0 Å². The van der Waals surface area contributed by atoms with Crippen LogP contribution in [-0.2, 0) is 4.74 Å². The maximum atomic E-state index is 10.7. The van der Waals surface area contributed by atoms with Crippen molar-refractivity contribution in [1.29, 1.82) is 0 Å². The van der Waals surface area contributed by atoms with E-state index in [0.717, 1.165) is 18.6 Å². The smallest absolute Gasteiger partial charge is 0.271 e. The van der Waals surface area contributed by atoms with Gasteiger partial charge in [-0.05, 0) is 25.8 Å². The van der Waals surface area contributed by atoms with E-state index in [9.17, 15) is 10.1 Å². The molecule has 0 radical (unpaired) electrons. The van der Waals surface area contributed by atoms with Crippen LogP contribution in [0.4, 0.5) is 11.4 Å². The van der Waals surface area contributed by atoms with Gasteiger partial charge >= 0.3 is 0 Å². The van der Waals surface area contributed by atoms with Gasteiger partial charge in [-0.3, -0.25) is 15.1 Å². The van der Waals surface area contributed by atoms with E-state index in [1.165, 1.54) is 12.1 Å². The van der Waals surface area contributed by atoms with Crippen LogP contribution in [0.25, 0.3) is 0 Å². The Morgan fingerprint density at radius 2 is 2.37 bits per heavy atom. The number of aliphatic imine (C=N–C) groups is 1. The molecule has 1 aromatic carbocycles. The topological polar surface area (TPSA) is 74.0 Å². The fraction of sp³-hybridized carbons (Fsp3) is 0.462. The lowest BCUT2D eigenvalue weighted by atomic mass is 10.1. The number of hydrogen-bond acceptors (Lipinski definition) is 5. The molecule has 0 bridgehead atoms. The van der Waals surface area contributed by atoms with Crippen LogP contribution in [-0.4, -0.2) is 30.5 Å². The van der Waals surface area contributed by atoms with Crippen LogP contribution in [0.1, 0.15) is 19.8 Å². The van der Waals surface area contributed by atoms with Crippen LogP contribution in [0, 0.1) is 10.1 Å². The van der Waals surface area contributed by atoms with Gasteiger partial charge in [0.15, 0.2) is 0 Å². The monoisotopic (exact) mass is 264 g/mol. The summed E-state index contributed by atoms with van der Waals surface area (Å²) in [5.41, 5.74) is 1.44. The van der Waals surface area contributed by atoms with E-state index >= 15 is 0 Å². The van der Waals surface area contributed by atoms with Crippen LogP contribution >= 0.6 is 0 Å². The lowest BCUT2D eigenvalue weighted by Crippen LogP contribution is -2.17. The molecule has 6 nitrogen and oxygen atoms in total. The number of non-ortho nitro benzene ring substituents is 1. The number of ether oxygens (including phenoxy) is 2. The fourth-order valence-corrected chi connectivity index (χ4v) is 1.81. The molecule has 0 N–H and O–H groups in total. The van der Waals surface area contributed by atoms with Gasteiger partial charge in [-0.1, -0.05) is 0 Å². The minimum atomic E-state index is -0.433. The third-order valence-electron chi connectivity index (χ3n) is 3.07. The summed E-state index contributed by atoms with van der Waals surface area (Å²) in [6.45, 7) is 2.42. The Morgan fingerprint density at radius 1 is 1.58 bits per heavy atom. The van der Waals surface area contributed by atoms with E-state index < -0.39 is 4.92 Å². The van der Waals surface area contributed by atoms with Crippen LogP contribution in [0.15, 0.2) is 23.2 Å². The SMILES string of the molecule is COC(C)CCC1=Nc2cc([N+](=O)[O-])ccc2OC1. The summed E-state index contributed by atoms with van der Waals surface area (Å²) in [5, 5.41) is 10.7. The highest BCUT2D eigenvalue weighted by Gasteiger charge is 2.17. The molecule has 0 aromatic heterocycles. The van der Waals surface area contributed by atoms with Crippen LogP contribution < -0.4 is 4.74 Å². The zero-order valence-electron chi connectivity index (χ0n) is 11.0. The zero-order valence-corrected chi connectivity index (χ0v) is 11.0. The van der Waals surface area contributed by atoms with E-state index in [-0.39, 0.29) is 11.8 Å². The molecular weight excluding hydrogens is 248 g/mol. The van der Waals surface area contributed by atoms with Crippen molar-refractivity contribution in [1.82, 2.24) is 0 Å². The molecular formula is C13H16N2O4. The highest BCUT2D eigenvalue weighted by Crippen LogP contribution is 2.34. The van der Waals surface area contributed by atoms with Gasteiger partial charge < -0.3 is 9.47 Å². The number of nitro groups is 1. The molecule has 1 aromatic rings. The molecule has 1 heterocycles. The highest BCUT2D eigenvalue weighted by molar-refractivity contribution is 5.90. The number of fused-ring (bicyclic) bond motifs is 1. The van der Waals surface area contributed by atoms with E-state index in [2.05, 4.69) is 4.99 Å². The summed E-state index contributed by atoms with van der Waals surface area (Å²) >= 11 is 0. The summed E-state index contributed by atoms with van der Waals surface area (Å²) < 4.78 is 10.7. The van der Waals surface area contributed by atoms with Gasteiger partial charge in [0.1, 0.15) is 18.0 Å². The Labute approximate surface area is 111 Å². The minimum Gasteiger partial charge on any atom is -0.485 e. The predicted molar refractivity (Wildman–Crippen MR) is 71.4 cm³/mol. The van der Waals surface area contributed by atoms with Crippen molar-refractivity contribution in [3.63, 3.8) is 0 Å². The lowest BCUT2D eigenvalue weighted by Gasteiger charge is -2.17. The highest BCUT2D eigenvalue weighted by atomic mass is 16.6. The maximum Gasteiger partial charge on any atom is 0.271 e. The average Bonchev–Trinajstić information content (AvgIpc) is 2.43. The predicted octanol–water partition coefficient (Wildman–Crippen LogP) is 2.87. The first kappa shape index (κ1) is 13.5. The van der Waals surface area contributed by atoms with E-state index in [0.29, 0.717) is 18.0 Å². The van der Waals surface area contributed by atoms with Gasteiger partial charge in [-0.15, -0.1) is 0 Å². The number of rotatable bonds is 5. The van der Waals surface area contributed by atoms with Crippen molar-refractivity contribution in [3.8, 4) is 5.75 Å². The number of methoxy groups -OCH3 is 1. The Hall–Kier alpha value is -1.95. The van der Waals surface area contributed by atoms with Crippen LogP contribution in [0.5, 0.6) is 5.75 Å². The number of hydrogen-bond donors (Lipinski definition) is 0. The normalized spacial score (nSPS) is 15.2. The minimum absolute atomic E-state index is 0.0256. The lowest BCUT2D eigenvalue weighted by molar-refractivity contribution is -0.384. The molecule has 1 unspecified atom stereocenters. The van der Waals surface area contributed by atoms with Gasteiger partial charge in [0.2, 0.25) is 0 Å². The first-order valence-corrected chi connectivity index (χ1v) is 6.10. The molecule has 6 heteroatoms. The van der Waals surface area contributed by atoms with Gasteiger partial charge in [-0.25, -0.2) is 0 Å². The molecule has 1 aliphatic heterocycles. The fourth-order valence-electron chi connectivity index (χ4n) is 1.81. The zero-order chi connectivity index (χ0) is 13.8. The van der Waals surface area contributed by atoms with Gasteiger partial charge in [0.25, 0.3) is 5.69 Å². The molecule has 0 amide bonds. The quantitative estimate of drug-likeness (QED) is 0.605. The Morgan fingerprint density at radius 3 is 3.05 bits per heavy atom. The maximum absolute atomic E-state index is 10.7. The van der Waals surface area contributed by atoms with Gasteiger partial charge in [-0.2, -0.15) is 0 Å². The first-order chi connectivity index (χ1) is 9.10. The second-order valence-corrected chi connectivity index (χ2v) is 4.46. The first-order valence-electron chi connectivity index (χ1n) is 6.10. The Kier molecular flexibility index (Phi) is 4.11. The van der Waals surface area contributed by atoms with Crippen molar-refractivity contribution in [3.05, 3.63) is 28.3 Å². The molecule has 19 heavy (non-hydrogen) atoms. The summed E-state index contributed by atoms with van der Waals surface area (Å²) in [5.74, 6) is 0.592. The summed E-state index contributed by atoms with van der Waals surface area (Å²) in [6, 6.07) is 4.45. The van der Waals surface area contributed by atoms with E-state index in [1.54, 1.807) is 13.2 Å². The molecule has 0 fully saturated rings. The van der Waals surface area contributed by atoms with Crippen molar-refractivity contribution < 1.29 is 14.4 Å². The summed E-state index contributed by atoms with van der Waals surface area (Å²) in [6.07, 6.45) is 1.77. The summed E-state index contributed by atoms with van der Waals surface area (Å²) in [7, 11) is 1.67. The second-order valence-electron chi connectivity index (χ2n) is 4.46. The molecule has 102 valence electrons. The van der Waals surface area contributed by atoms with E-state index in [4.69, 9.17) is 9.47 Å². The van der Waals surface area contributed by atoms with Gasteiger partial charge in [0, 0.05) is 19.2 Å². The molecule has 1 atom stereocenters. The Balaban J connectivity index is 2.14. The average molecular weight is 264 g/mol. The van der Waals surface area contributed by atoms with Crippen molar-refractivity contribution in [2.24, 2.45) is 4.99 Å². The van der Waals surface area contributed by atoms with E-state index in [1.807, 2.05) is 6.92 Å². The number of nitrogens with zero attached hydrogens (tertiary/aromatic N) is 2. The molecule has 0 saturated heterocycles. The van der Waals surface area contributed by atoms with Crippen molar-refractivity contribution in [2.75, 3.05) is 13.7 Å². The van der Waals surface area contributed by atoms with Crippen molar-refractivity contribution in [2.45, 2.75) is 25.9 Å². The number of benzene rings is 1. The molecule has 0 aliphatic carbocycles. The third kappa shape index (κ3) is 3.29. The third-order valence-corrected chi connectivity index (χ3v) is 3.07. The van der Waals surface area contributed by atoms with Crippen LogP contribution in [0.3, 0.4) is 0 Å². The molecule has 2 rings (SSSR count). The van der Waals surface area contributed by atoms with Crippen molar-refractivity contribution >= 4 is 17.1 Å².